The van der Waals surface area contributed by atoms with Crippen molar-refractivity contribution in [2.24, 2.45) is 0 Å². The highest BCUT2D eigenvalue weighted by atomic mass is 16.2. The summed E-state index contributed by atoms with van der Waals surface area (Å²) in [7, 11) is 0. The van der Waals surface area contributed by atoms with Crippen LogP contribution in [0.15, 0.2) is 67.3 Å². The van der Waals surface area contributed by atoms with Crippen LogP contribution in [-0.4, -0.2) is 27.4 Å². The van der Waals surface area contributed by atoms with Crippen LogP contribution < -0.4 is 10.6 Å². The summed E-state index contributed by atoms with van der Waals surface area (Å²) in [5.74, 6) is -0.126. The average molecular weight is 360 g/mol. The highest BCUT2D eigenvalue weighted by molar-refractivity contribution is 6.04. The normalized spacial score (nSPS) is 13.2. The number of benzene rings is 2. The second-order valence-electron chi connectivity index (χ2n) is 6.69. The number of amides is 2. The molecule has 1 heterocycles. The molecular formula is C21H20N4O2. The summed E-state index contributed by atoms with van der Waals surface area (Å²) in [6.07, 6.45) is 7.80. The molecule has 1 fully saturated rings. The zero-order valence-electron chi connectivity index (χ0n) is 14.8. The monoisotopic (exact) mass is 360 g/mol. The fourth-order valence-corrected chi connectivity index (χ4v) is 2.80. The van der Waals surface area contributed by atoms with Crippen molar-refractivity contribution in [2.45, 2.75) is 25.3 Å². The van der Waals surface area contributed by atoms with Gasteiger partial charge in [0.15, 0.2) is 0 Å². The number of rotatable bonds is 6. The van der Waals surface area contributed by atoms with Gasteiger partial charge in [0, 0.05) is 35.4 Å². The SMILES string of the molecule is O=C(Cc1ccc(NC(=O)c2ccc(-n3ccnc3)cc2)cc1)NC1CC1. The first-order valence-electron chi connectivity index (χ1n) is 8.95. The molecule has 6 heteroatoms. The standard InChI is InChI=1S/C21H20N4O2/c26-20(23-17-7-8-17)13-15-1-5-18(6-2-15)24-21(27)16-3-9-19(10-4-16)25-12-11-22-14-25/h1-6,9-12,14,17H,7-8,13H2,(H,23,26)(H,24,27). The third kappa shape index (κ3) is 4.41. The summed E-state index contributed by atoms with van der Waals surface area (Å²) >= 11 is 0. The minimum atomic E-state index is -0.175. The summed E-state index contributed by atoms with van der Waals surface area (Å²) in [5, 5.41) is 5.85. The second-order valence-corrected chi connectivity index (χ2v) is 6.69. The van der Waals surface area contributed by atoms with Crippen LogP contribution in [0.2, 0.25) is 0 Å². The first kappa shape index (κ1) is 17.0. The Bertz CT molecular complexity index is 927. The van der Waals surface area contributed by atoms with Gasteiger partial charge in [0.2, 0.25) is 5.91 Å². The van der Waals surface area contributed by atoms with E-state index in [-0.39, 0.29) is 11.8 Å². The Morgan fingerprint density at radius 1 is 1.04 bits per heavy atom. The minimum Gasteiger partial charge on any atom is -0.353 e. The lowest BCUT2D eigenvalue weighted by molar-refractivity contribution is -0.120. The van der Waals surface area contributed by atoms with Crippen LogP contribution in [0.5, 0.6) is 0 Å². The Morgan fingerprint density at radius 3 is 2.41 bits per heavy atom. The van der Waals surface area contributed by atoms with Gasteiger partial charge < -0.3 is 15.2 Å². The van der Waals surface area contributed by atoms with Crippen molar-refractivity contribution in [1.29, 1.82) is 0 Å². The van der Waals surface area contributed by atoms with Crippen LogP contribution in [0.1, 0.15) is 28.8 Å². The number of carbonyl (C=O) groups excluding carboxylic acids is 2. The number of nitrogens with one attached hydrogen (secondary N) is 2. The fourth-order valence-electron chi connectivity index (χ4n) is 2.80. The maximum atomic E-state index is 12.4. The summed E-state index contributed by atoms with van der Waals surface area (Å²) in [4.78, 5) is 28.3. The number of aromatic nitrogens is 2. The molecule has 2 N–H and O–H groups in total. The van der Waals surface area contributed by atoms with Crippen molar-refractivity contribution in [2.75, 3.05) is 5.32 Å². The van der Waals surface area contributed by atoms with E-state index in [4.69, 9.17) is 0 Å². The largest absolute Gasteiger partial charge is 0.353 e. The molecule has 2 aromatic carbocycles. The van der Waals surface area contributed by atoms with E-state index in [9.17, 15) is 9.59 Å². The number of imidazole rings is 1. The van der Waals surface area contributed by atoms with E-state index in [1.54, 1.807) is 24.7 Å². The number of anilines is 1. The van der Waals surface area contributed by atoms with Gasteiger partial charge in [-0.25, -0.2) is 4.98 Å². The van der Waals surface area contributed by atoms with Gasteiger partial charge in [-0.05, 0) is 54.8 Å². The van der Waals surface area contributed by atoms with Crippen molar-refractivity contribution in [3.05, 3.63) is 78.4 Å². The van der Waals surface area contributed by atoms with Gasteiger partial charge in [-0.1, -0.05) is 12.1 Å². The van der Waals surface area contributed by atoms with E-state index >= 15 is 0 Å². The minimum absolute atomic E-state index is 0.0484. The smallest absolute Gasteiger partial charge is 0.255 e. The van der Waals surface area contributed by atoms with Crippen molar-refractivity contribution in [3.63, 3.8) is 0 Å². The fraction of sp³-hybridized carbons (Fsp3) is 0.190. The zero-order chi connectivity index (χ0) is 18.6. The molecule has 6 nitrogen and oxygen atoms in total. The predicted molar refractivity (Wildman–Crippen MR) is 103 cm³/mol. The number of hydrogen-bond acceptors (Lipinski definition) is 3. The maximum Gasteiger partial charge on any atom is 0.255 e. The van der Waals surface area contributed by atoms with E-state index in [0.29, 0.717) is 23.7 Å². The lowest BCUT2D eigenvalue weighted by atomic mass is 10.1. The quantitative estimate of drug-likeness (QED) is 0.710. The van der Waals surface area contributed by atoms with E-state index in [1.807, 2.05) is 47.2 Å². The molecule has 3 aromatic rings. The molecule has 0 aliphatic heterocycles. The van der Waals surface area contributed by atoms with Crippen molar-refractivity contribution in [1.82, 2.24) is 14.9 Å². The van der Waals surface area contributed by atoms with Gasteiger partial charge in [-0.15, -0.1) is 0 Å². The highest BCUT2D eigenvalue weighted by Crippen LogP contribution is 2.19. The molecule has 0 unspecified atom stereocenters. The van der Waals surface area contributed by atoms with Crippen molar-refractivity contribution >= 4 is 17.5 Å². The van der Waals surface area contributed by atoms with Gasteiger partial charge >= 0.3 is 0 Å². The lowest BCUT2D eigenvalue weighted by Gasteiger charge is -2.08. The summed E-state index contributed by atoms with van der Waals surface area (Å²) < 4.78 is 1.87. The summed E-state index contributed by atoms with van der Waals surface area (Å²) in [6, 6.07) is 15.0. The topological polar surface area (TPSA) is 76.0 Å². The predicted octanol–water partition coefficient (Wildman–Crippen LogP) is 2.95. The molecule has 0 saturated heterocycles. The van der Waals surface area contributed by atoms with Crippen LogP contribution >= 0.6 is 0 Å². The van der Waals surface area contributed by atoms with Gasteiger partial charge in [-0.2, -0.15) is 0 Å². The Hall–Kier alpha value is -3.41. The van der Waals surface area contributed by atoms with E-state index in [2.05, 4.69) is 15.6 Å². The highest BCUT2D eigenvalue weighted by Gasteiger charge is 2.23. The van der Waals surface area contributed by atoms with Crippen LogP contribution in [-0.2, 0) is 11.2 Å². The lowest BCUT2D eigenvalue weighted by Crippen LogP contribution is -2.26. The van der Waals surface area contributed by atoms with Crippen LogP contribution in [0.4, 0.5) is 5.69 Å². The number of hydrogen-bond donors (Lipinski definition) is 2. The molecule has 2 amide bonds. The van der Waals surface area contributed by atoms with Crippen molar-refractivity contribution < 1.29 is 9.59 Å². The molecule has 1 aromatic heterocycles. The molecule has 136 valence electrons. The Labute approximate surface area is 157 Å². The molecule has 0 bridgehead atoms. The molecular weight excluding hydrogens is 340 g/mol. The third-order valence-electron chi connectivity index (χ3n) is 4.45. The van der Waals surface area contributed by atoms with Crippen molar-refractivity contribution in [3.8, 4) is 5.69 Å². The molecule has 0 spiro atoms. The summed E-state index contributed by atoms with van der Waals surface area (Å²) in [5.41, 5.74) is 3.14. The van der Waals surface area contributed by atoms with Crippen LogP contribution in [0.3, 0.4) is 0 Å². The van der Waals surface area contributed by atoms with Crippen LogP contribution in [0.25, 0.3) is 5.69 Å². The first-order valence-corrected chi connectivity index (χ1v) is 8.95. The molecule has 0 radical (unpaired) electrons. The van der Waals surface area contributed by atoms with E-state index in [1.165, 1.54) is 0 Å². The molecule has 27 heavy (non-hydrogen) atoms. The Kier molecular flexibility index (Phi) is 4.70. The van der Waals surface area contributed by atoms with Gasteiger partial charge in [0.05, 0.1) is 12.7 Å². The Balaban J connectivity index is 1.35. The van der Waals surface area contributed by atoms with Gasteiger partial charge in [-0.3, -0.25) is 9.59 Å². The molecule has 1 aliphatic carbocycles. The third-order valence-corrected chi connectivity index (χ3v) is 4.45. The second kappa shape index (κ2) is 7.45. The van der Waals surface area contributed by atoms with E-state index in [0.717, 1.165) is 24.1 Å². The Morgan fingerprint density at radius 2 is 1.78 bits per heavy atom. The molecule has 4 rings (SSSR count). The number of nitrogens with zero attached hydrogens (tertiary/aromatic N) is 2. The number of carbonyl (C=O) groups is 2. The van der Waals surface area contributed by atoms with Gasteiger partial charge in [0.25, 0.3) is 5.91 Å². The maximum absolute atomic E-state index is 12.4. The summed E-state index contributed by atoms with van der Waals surface area (Å²) in [6.45, 7) is 0. The first-order chi connectivity index (χ1) is 13.2. The average Bonchev–Trinajstić information content (AvgIpc) is 3.32. The van der Waals surface area contributed by atoms with Crippen LogP contribution in [0, 0.1) is 0 Å². The van der Waals surface area contributed by atoms with Gasteiger partial charge in [0.1, 0.15) is 0 Å². The molecule has 1 aliphatic rings. The molecule has 0 atom stereocenters. The zero-order valence-corrected chi connectivity index (χ0v) is 14.8. The van der Waals surface area contributed by atoms with E-state index < -0.39 is 0 Å². The molecule has 1 saturated carbocycles.